The number of hydrogen-bond acceptors (Lipinski definition) is 3. The Morgan fingerprint density at radius 1 is 1.54 bits per heavy atom. The quantitative estimate of drug-likeness (QED) is 0.636. The summed E-state index contributed by atoms with van der Waals surface area (Å²) in [7, 11) is 2.11. The van der Waals surface area contributed by atoms with Crippen molar-refractivity contribution in [1.82, 2.24) is 4.90 Å². The molecule has 0 aliphatic carbocycles. The van der Waals surface area contributed by atoms with Gasteiger partial charge in [0.1, 0.15) is 0 Å². The van der Waals surface area contributed by atoms with Crippen molar-refractivity contribution in [3.05, 3.63) is 12.2 Å². The van der Waals surface area contributed by atoms with Crippen LogP contribution in [-0.2, 0) is 4.74 Å². The van der Waals surface area contributed by atoms with Crippen LogP contribution in [0.5, 0.6) is 0 Å². The molecule has 0 bridgehead atoms. The summed E-state index contributed by atoms with van der Waals surface area (Å²) in [6.07, 6.45) is 6.99. The first-order valence-corrected chi connectivity index (χ1v) is 4.98. The van der Waals surface area contributed by atoms with Gasteiger partial charge >= 0.3 is 0 Å². The van der Waals surface area contributed by atoms with Gasteiger partial charge in [0.15, 0.2) is 0 Å². The van der Waals surface area contributed by atoms with E-state index in [9.17, 15) is 0 Å². The maximum absolute atomic E-state index is 5.54. The zero-order chi connectivity index (χ0) is 9.52. The van der Waals surface area contributed by atoms with Crippen molar-refractivity contribution in [2.24, 2.45) is 5.73 Å². The van der Waals surface area contributed by atoms with Crippen LogP contribution >= 0.6 is 0 Å². The van der Waals surface area contributed by atoms with E-state index in [-0.39, 0.29) is 0 Å². The van der Waals surface area contributed by atoms with E-state index in [4.69, 9.17) is 10.5 Å². The molecular weight excluding hydrogens is 164 g/mol. The summed E-state index contributed by atoms with van der Waals surface area (Å²) < 4.78 is 5.54. The second-order valence-corrected chi connectivity index (χ2v) is 3.56. The Morgan fingerprint density at radius 2 is 2.38 bits per heavy atom. The topological polar surface area (TPSA) is 38.5 Å². The van der Waals surface area contributed by atoms with E-state index >= 15 is 0 Å². The predicted molar refractivity (Wildman–Crippen MR) is 54.7 cm³/mol. The molecule has 0 spiro atoms. The summed E-state index contributed by atoms with van der Waals surface area (Å²) in [5, 5.41) is 0. The van der Waals surface area contributed by atoms with Crippen LogP contribution in [-0.4, -0.2) is 44.3 Å². The molecule has 1 aliphatic rings. The molecule has 76 valence electrons. The molecule has 0 aromatic heterocycles. The van der Waals surface area contributed by atoms with Gasteiger partial charge in [-0.15, -0.1) is 0 Å². The van der Waals surface area contributed by atoms with Crippen molar-refractivity contribution in [2.45, 2.75) is 18.9 Å². The van der Waals surface area contributed by atoms with Crippen LogP contribution in [0.4, 0.5) is 0 Å². The number of rotatable bonds is 5. The molecule has 1 fully saturated rings. The molecule has 1 heterocycles. The Bertz CT molecular complexity index is 153. The molecule has 0 aromatic carbocycles. The zero-order valence-corrected chi connectivity index (χ0v) is 8.41. The first kappa shape index (κ1) is 10.7. The lowest BCUT2D eigenvalue weighted by Gasteiger charge is -2.18. The fourth-order valence-corrected chi connectivity index (χ4v) is 1.56. The van der Waals surface area contributed by atoms with Crippen LogP contribution in [0, 0.1) is 0 Å². The third-order valence-corrected chi connectivity index (χ3v) is 2.26. The molecule has 1 saturated heterocycles. The van der Waals surface area contributed by atoms with E-state index in [2.05, 4.69) is 18.0 Å². The lowest BCUT2D eigenvalue weighted by atomic mass is 10.2. The standard InChI is InChI=1S/C10H20N2O/c1-12(7-3-2-6-11)9-10-5-4-8-13-10/h2-3,10H,4-9,11H2,1H3. The van der Waals surface area contributed by atoms with Crippen LogP contribution in [0.25, 0.3) is 0 Å². The molecule has 1 rings (SSSR count). The number of nitrogens with two attached hydrogens (primary N) is 1. The molecule has 3 heteroatoms. The van der Waals surface area contributed by atoms with E-state index in [1.165, 1.54) is 12.8 Å². The molecule has 0 amide bonds. The average Bonchev–Trinajstić information content (AvgIpc) is 2.57. The minimum atomic E-state index is 0.455. The Hall–Kier alpha value is -0.380. The van der Waals surface area contributed by atoms with Gasteiger partial charge in [-0.2, -0.15) is 0 Å². The number of hydrogen-bond donors (Lipinski definition) is 1. The van der Waals surface area contributed by atoms with E-state index in [1.54, 1.807) is 0 Å². The molecule has 13 heavy (non-hydrogen) atoms. The van der Waals surface area contributed by atoms with Gasteiger partial charge in [-0.1, -0.05) is 12.2 Å². The van der Waals surface area contributed by atoms with Crippen LogP contribution in [0.3, 0.4) is 0 Å². The monoisotopic (exact) mass is 184 g/mol. The highest BCUT2D eigenvalue weighted by Gasteiger charge is 2.16. The normalized spacial score (nSPS) is 23.5. The first-order valence-electron chi connectivity index (χ1n) is 4.98. The van der Waals surface area contributed by atoms with Gasteiger partial charge in [0.05, 0.1) is 6.10 Å². The maximum Gasteiger partial charge on any atom is 0.0702 e. The van der Waals surface area contributed by atoms with Crippen molar-refractivity contribution < 1.29 is 4.74 Å². The van der Waals surface area contributed by atoms with Crippen LogP contribution in [0.1, 0.15) is 12.8 Å². The number of nitrogens with zero attached hydrogens (tertiary/aromatic N) is 1. The Labute approximate surface area is 80.5 Å². The SMILES string of the molecule is CN(CC=CCN)CC1CCCO1. The van der Waals surface area contributed by atoms with Gasteiger partial charge in [-0.25, -0.2) is 0 Å². The third-order valence-electron chi connectivity index (χ3n) is 2.26. The van der Waals surface area contributed by atoms with E-state index in [1.807, 2.05) is 6.08 Å². The number of ether oxygens (including phenoxy) is 1. The molecule has 1 aliphatic heterocycles. The number of likely N-dealkylation sites (N-methyl/N-ethyl adjacent to an activating group) is 1. The zero-order valence-electron chi connectivity index (χ0n) is 8.41. The fraction of sp³-hybridized carbons (Fsp3) is 0.800. The molecule has 0 radical (unpaired) electrons. The maximum atomic E-state index is 5.54. The third kappa shape index (κ3) is 4.41. The smallest absolute Gasteiger partial charge is 0.0702 e. The molecule has 0 aromatic rings. The van der Waals surface area contributed by atoms with E-state index in [0.29, 0.717) is 12.6 Å². The van der Waals surface area contributed by atoms with Gasteiger partial charge < -0.3 is 15.4 Å². The van der Waals surface area contributed by atoms with Gasteiger partial charge in [-0.3, -0.25) is 0 Å². The molecule has 2 N–H and O–H groups in total. The summed E-state index contributed by atoms with van der Waals surface area (Å²) in [5.41, 5.74) is 5.35. The summed E-state index contributed by atoms with van der Waals surface area (Å²) >= 11 is 0. The highest BCUT2D eigenvalue weighted by Crippen LogP contribution is 2.12. The summed E-state index contributed by atoms with van der Waals surface area (Å²) in [5.74, 6) is 0. The lowest BCUT2D eigenvalue weighted by molar-refractivity contribution is 0.0843. The van der Waals surface area contributed by atoms with Crippen molar-refractivity contribution in [1.29, 1.82) is 0 Å². The van der Waals surface area contributed by atoms with Gasteiger partial charge in [0.2, 0.25) is 0 Å². The highest BCUT2D eigenvalue weighted by atomic mass is 16.5. The summed E-state index contributed by atoms with van der Waals surface area (Å²) in [6, 6.07) is 0. The van der Waals surface area contributed by atoms with Crippen LogP contribution in [0.15, 0.2) is 12.2 Å². The molecule has 3 nitrogen and oxygen atoms in total. The molecule has 1 atom stereocenters. The summed E-state index contributed by atoms with van der Waals surface area (Å²) in [4.78, 5) is 2.27. The van der Waals surface area contributed by atoms with Crippen LogP contribution in [0.2, 0.25) is 0 Å². The fourth-order valence-electron chi connectivity index (χ4n) is 1.56. The predicted octanol–water partition coefficient (Wildman–Crippen LogP) is 0.612. The van der Waals surface area contributed by atoms with Crippen molar-refractivity contribution in [3.63, 3.8) is 0 Å². The Morgan fingerprint density at radius 3 is 3.00 bits per heavy atom. The minimum Gasteiger partial charge on any atom is -0.377 e. The van der Waals surface area contributed by atoms with Gasteiger partial charge in [-0.05, 0) is 19.9 Å². The first-order chi connectivity index (χ1) is 6.33. The van der Waals surface area contributed by atoms with Crippen molar-refractivity contribution >= 4 is 0 Å². The molecular formula is C10H20N2O. The highest BCUT2D eigenvalue weighted by molar-refractivity contribution is 4.85. The lowest BCUT2D eigenvalue weighted by Crippen LogP contribution is -2.28. The van der Waals surface area contributed by atoms with Crippen molar-refractivity contribution in [3.8, 4) is 0 Å². The largest absolute Gasteiger partial charge is 0.377 e. The minimum absolute atomic E-state index is 0.455. The summed E-state index contributed by atoms with van der Waals surface area (Å²) in [6.45, 7) is 3.58. The molecule has 1 unspecified atom stereocenters. The van der Waals surface area contributed by atoms with Gasteiger partial charge in [0, 0.05) is 26.2 Å². The Kier molecular flexibility index (Phi) is 5.05. The van der Waals surface area contributed by atoms with Crippen LogP contribution < -0.4 is 5.73 Å². The van der Waals surface area contributed by atoms with Crippen molar-refractivity contribution in [2.75, 3.05) is 33.3 Å². The van der Waals surface area contributed by atoms with E-state index in [0.717, 1.165) is 19.7 Å². The van der Waals surface area contributed by atoms with E-state index < -0.39 is 0 Å². The molecule has 0 saturated carbocycles. The second-order valence-electron chi connectivity index (χ2n) is 3.56. The average molecular weight is 184 g/mol. The van der Waals surface area contributed by atoms with Gasteiger partial charge in [0.25, 0.3) is 0 Å². The second kappa shape index (κ2) is 6.13. The Balaban J connectivity index is 2.09.